The molecular weight excluding hydrogens is 322 g/mol. The maximum absolute atomic E-state index is 12.8. The van der Waals surface area contributed by atoms with Crippen LogP contribution in [-0.2, 0) is 11.2 Å². The number of hydrogen-bond donors (Lipinski definition) is 1. The number of carbonyl (C=O) groups excluding carboxylic acids is 1. The summed E-state index contributed by atoms with van der Waals surface area (Å²) in [5, 5.41) is 10.4. The van der Waals surface area contributed by atoms with Crippen molar-refractivity contribution < 1.29 is 9.90 Å². The molecule has 2 fully saturated rings. The molecule has 0 radical (unpaired) electrons. The highest BCUT2D eigenvalue weighted by molar-refractivity contribution is 5.79. The van der Waals surface area contributed by atoms with Crippen LogP contribution in [0.5, 0.6) is 0 Å². The Bertz CT molecular complexity index is 756. The maximum atomic E-state index is 12.8. The molecule has 1 heterocycles. The zero-order chi connectivity index (χ0) is 18.0. The van der Waals surface area contributed by atoms with Crippen molar-refractivity contribution >= 4 is 5.91 Å². The number of benzene rings is 2. The molecule has 2 aliphatic rings. The van der Waals surface area contributed by atoms with E-state index in [1.807, 2.05) is 23.1 Å². The Kier molecular flexibility index (Phi) is 4.82. The van der Waals surface area contributed by atoms with E-state index in [-0.39, 0.29) is 17.4 Å². The summed E-state index contributed by atoms with van der Waals surface area (Å²) in [7, 11) is 0. The Balaban J connectivity index is 1.41. The molecule has 1 aliphatic carbocycles. The van der Waals surface area contributed by atoms with Crippen molar-refractivity contribution in [1.82, 2.24) is 4.90 Å². The van der Waals surface area contributed by atoms with Gasteiger partial charge in [-0.05, 0) is 42.4 Å². The van der Waals surface area contributed by atoms with Gasteiger partial charge in [0.2, 0.25) is 5.91 Å². The molecule has 136 valence electrons. The molecule has 3 nitrogen and oxygen atoms in total. The van der Waals surface area contributed by atoms with Gasteiger partial charge in [-0.25, -0.2) is 0 Å². The van der Waals surface area contributed by atoms with Crippen LogP contribution in [-0.4, -0.2) is 35.1 Å². The smallest absolute Gasteiger partial charge is 0.227 e. The zero-order valence-electron chi connectivity index (χ0n) is 15.2. The lowest BCUT2D eigenvalue weighted by atomic mass is 9.76. The van der Waals surface area contributed by atoms with Crippen LogP contribution < -0.4 is 0 Å². The minimum Gasteiger partial charge on any atom is -0.392 e. The van der Waals surface area contributed by atoms with Gasteiger partial charge in [-0.2, -0.15) is 0 Å². The molecule has 1 N–H and O–H groups in total. The van der Waals surface area contributed by atoms with Crippen LogP contribution >= 0.6 is 0 Å². The quantitative estimate of drug-likeness (QED) is 0.908. The van der Waals surface area contributed by atoms with Crippen molar-refractivity contribution in [3.8, 4) is 11.1 Å². The van der Waals surface area contributed by atoms with E-state index in [4.69, 9.17) is 0 Å². The zero-order valence-corrected chi connectivity index (χ0v) is 15.2. The molecule has 2 aromatic rings. The lowest BCUT2D eigenvalue weighted by Gasteiger charge is -2.42. The van der Waals surface area contributed by atoms with Gasteiger partial charge in [0.25, 0.3) is 0 Å². The second kappa shape index (κ2) is 7.24. The summed E-state index contributed by atoms with van der Waals surface area (Å²) in [6, 6.07) is 18.6. The SMILES string of the molecule is O=C(Cc1ccc(-c2ccccc2)cc1)N1CCC[C@]2(CCC[C@H]2O)C1. The molecule has 1 saturated carbocycles. The molecule has 1 saturated heterocycles. The fourth-order valence-electron chi connectivity index (χ4n) is 4.70. The highest BCUT2D eigenvalue weighted by Gasteiger charge is 2.45. The van der Waals surface area contributed by atoms with Crippen molar-refractivity contribution in [3.05, 3.63) is 60.2 Å². The van der Waals surface area contributed by atoms with E-state index < -0.39 is 0 Å². The van der Waals surface area contributed by atoms with Crippen LogP contribution in [0.15, 0.2) is 54.6 Å². The largest absolute Gasteiger partial charge is 0.392 e. The van der Waals surface area contributed by atoms with Gasteiger partial charge in [-0.3, -0.25) is 4.79 Å². The molecule has 3 heteroatoms. The molecule has 2 atom stereocenters. The Labute approximate surface area is 155 Å². The Hall–Kier alpha value is -2.13. The molecule has 1 spiro atoms. The van der Waals surface area contributed by atoms with Crippen molar-refractivity contribution in [2.75, 3.05) is 13.1 Å². The highest BCUT2D eigenvalue weighted by Crippen LogP contribution is 2.45. The van der Waals surface area contributed by atoms with Gasteiger partial charge in [0, 0.05) is 18.5 Å². The Morgan fingerprint density at radius 1 is 1.00 bits per heavy atom. The first-order valence-electron chi connectivity index (χ1n) is 9.77. The fourth-order valence-corrected chi connectivity index (χ4v) is 4.70. The highest BCUT2D eigenvalue weighted by atomic mass is 16.3. The lowest BCUT2D eigenvalue weighted by molar-refractivity contribution is -0.135. The number of carbonyl (C=O) groups is 1. The summed E-state index contributed by atoms with van der Waals surface area (Å²) in [5.74, 6) is 0.190. The number of aliphatic hydroxyl groups is 1. The van der Waals surface area contributed by atoms with E-state index in [1.165, 1.54) is 11.1 Å². The minimum atomic E-state index is -0.233. The predicted molar refractivity (Wildman–Crippen MR) is 104 cm³/mol. The maximum Gasteiger partial charge on any atom is 0.227 e. The van der Waals surface area contributed by atoms with Crippen molar-refractivity contribution in [3.63, 3.8) is 0 Å². The Morgan fingerprint density at radius 2 is 1.69 bits per heavy atom. The van der Waals surface area contributed by atoms with Gasteiger partial charge < -0.3 is 10.0 Å². The first kappa shape index (κ1) is 17.3. The third-order valence-electron chi connectivity index (χ3n) is 6.24. The van der Waals surface area contributed by atoms with Gasteiger partial charge in [0.05, 0.1) is 12.5 Å². The normalized spacial score (nSPS) is 25.6. The van der Waals surface area contributed by atoms with Gasteiger partial charge in [-0.1, -0.05) is 61.0 Å². The summed E-state index contributed by atoms with van der Waals surface area (Å²) in [4.78, 5) is 14.8. The van der Waals surface area contributed by atoms with Crippen LogP contribution in [0.4, 0.5) is 0 Å². The third-order valence-corrected chi connectivity index (χ3v) is 6.24. The van der Waals surface area contributed by atoms with Crippen LogP contribution in [0.25, 0.3) is 11.1 Å². The van der Waals surface area contributed by atoms with E-state index >= 15 is 0 Å². The fraction of sp³-hybridized carbons (Fsp3) is 0.435. The van der Waals surface area contributed by atoms with E-state index in [2.05, 4.69) is 36.4 Å². The van der Waals surface area contributed by atoms with Gasteiger partial charge in [0.1, 0.15) is 0 Å². The summed E-state index contributed by atoms with van der Waals surface area (Å²) >= 11 is 0. The molecule has 0 unspecified atom stereocenters. The van der Waals surface area contributed by atoms with Crippen LogP contribution in [0.1, 0.15) is 37.7 Å². The minimum absolute atomic E-state index is 0.0366. The number of aliphatic hydroxyl groups excluding tert-OH is 1. The second-order valence-electron chi connectivity index (χ2n) is 7.93. The van der Waals surface area contributed by atoms with E-state index in [9.17, 15) is 9.90 Å². The molecule has 1 aliphatic heterocycles. The van der Waals surface area contributed by atoms with E-state index in [0.717, 1.165) is 50.8 Å². The molecular formula is C23H27NO2. The van der Waals surface area contributed by atoms with Crippen molar-refractivity contribution in [2.24, 2.45) is 5.41 Å². The molecule has 0 aromatic heterocycles. The monoisotopic (exact) mass is 349 g/mol. The van der Waals surface area contributed by atoms with Crippen LogP contribution in [0.3, 0.4) is 0 Å². The number of amides is 1. The average Bonchev–Trinajstić information content (AvgIpc) is 3.02. The number of hydrogen-bond acceptors (Lipinski definition) is 2. The van der Waals surface area contributed by atoms with Gasteiger partial charge in [-0.15, -0.1) is 0 Å². The van der Waals surface area contributed by atoms with Crippen LogP contribution in [0, 0.1) is 5.41 Å². The van der Waals surface area contributed by atoms with Crippen molar-refractivity contribution in [2.45, 2.75) is 44.6 Å². The number of piperidine rings is 1. The number of likely N-dealkylation sites (tertiary alicyclic amines) is 1. The van der Waals surface area contributed by atoms with E-state index in [1.54, 1.807) is 0 Å². The number of rotatable bonds is 3. The third kappa shape index (κ3) is 3.41. The first-order chi connectivity index (χ1) is 12.7. The predicted octanol–water partition coefficient (Wildman–Crippen LogP) is 4.05. The van der Waals surface area contributed by atoms with Crippen LogP contribution in [0.2, 0.25) is 0 Å². The van der Waals surface area contributed by atoms with Gasteiger partial charge >= 0.3 is 0 Å². The number of nitrogens with zero attached hydrogens (tertiary/aromatic N) is 1. The summed E-state index contributed by atoms with van der Waals surface area (Å²) in [6.07, 6.45) is 5.32. The Morgan fingerprint density at radius 3 is 2.38 bits per heavy atom. The molecule has 26 heavy (non-hydrogen) atoms. The molecule has 4 rings (SSSR count). The molecule has 1 amide bonds. The molecule has 2 aromatic carbocycles. The lowest BCUT2D eigenvalue weighted by Crippen LogP contribution is -2.49. The van der Waals surface area contributed by atoms with Gasteiger partial charge in [0.15, 0.2) is 0 Å². The summed E-state index contributed by atoms with van der Waals surface area (Å²) < 4.78 is 0. The summed E-state index contributed by atoms with van der Waals surface area (Å²) in [6.45, 7) is 1.56. The topological polar surface area (TPSA) is 40.5 Å². The standard InChI is InChI=1S/C23H27NO2/c25-21-8-4-13-23(21)14-5-15-24(17-23)22(26)16-18-9-11-20(12-10-18)19-6-2-1-3-7-19/h1-3,6-7,9-12,21,25H,4-5,8,13-17H2/t21-,23-/m1/s1. The average molecular weight is 349 g/mol. The molecule has 0 bridgehead atoms. The van der Waals surface area contributed by atoms with Crippen molar-refractivity contribution in [1.29, 1.82) is 0 Å². The van der Waals surface area contributed by atoms with E-state index in [0.29, 0.717) is 6.42 Å². The first-order valence-corrected chi connectivity index (χ1v) is 9.77. The summed E-state index contributed by atoms with van der Waals surface area (Å²) in [5.41, 5.74) is 3.39. The second-order valence-corrected chi connectivity index (χ2v) is 7.93.